The molecule has 0 amide bonds. The summed E-state index contributed by atoms with van der Waals surface area (Å²) < 4.78 is 37.2. The Bertz CT molecular complexity index is 261. The van der Waals surface area contributed by atoms with Crippen LogP contribution in [-0.4, -0.2) is 37.3 Å². The molecular weight excluding hydrogens is 241 g/mol. The standard InChI is InChI=1S/C13H23F3N2/c14-13(15,16)12-6-10-18(11-7-12)9-5-3-1-2-4-8-17/h6H,1-5,7-11,17H2. The lowest BCUT2D eigenvalue weighted by molar-refractivity contribution is -0.0960. The average Bonchev–Trinajstić information content (AvgIpc) is 2.33. The van der Waals surface area contributed by atoms with Gasteiger partial charge in [0, 0.05) is 18.7 Å². The first-order chi connectivity index (χ1) is 8.54. The molecule has 0 bridgehead atoms. The molecule has 0 unspecified atom stereocenters. The normalized spacial score (nSPS) is 17.9. The van der Waals surface area contributed by atoms with Gasteiger partial charge < -0.3 is 5.73 Å². The number of hydrogen-bond acceptors (Lipinski definition) is 2. The molecule has 0 aromatic heterocycles. The van der Waals surface area contributed by atoms with E-state index in [0.717, 1.165) is 38.8 Å². The molecule has 5 heteroatoms. The highest BCUT2D eigenvalue weighted by Gasteiger charge is 2.34. The smallest absolute Gasteiger partial charge is 0.330 e. The monoisotopic (exact) mass is 264 g/mol. The van der Waals surface area contributed by atoms with Crippen LogP contribution in [0.3, 0.4) is 0 Å². The molecule has 0 atom stereocenters. The quantitative estimate of drug-likeness (QED) is 0.565. The molecule has 2 nitrogen and oxygen atoms in total. The van der Waals surface area contributed by atoms with E-state index in [1.807, 2.05) is 0 Å². The largest absolute Gasteiger partial charge is 0.412 e. The van der Waals surface area contributed by atoms with E-state index >= 15 is 0 Å². The zero-order valence-electron chi connectivity index (χ0n) is 10.8. The molecule has 0 aromatic carbocycles. The first-order valence-electron chi connectivity index (χ1n) is 6.72. The predicted molar refractivity (Wildman–Crippen MR) is 67.3 cm³/mol. The van der Waals surface area contributed by atoms with Gasteiger partial charge in [0.1, 0.15) is 0 Å². The molecule has 1 rings (SSSR count). The Labute approximate surface area is 107 Å². The van der Waals surface area contributed by atoms with Crippen LogP contribution in [-0.2, 0) is 0 Å². The zero-order valence-corrected chi connectivity index (χ0v) is 10.8. The summed E-state index contributed by atoms with van der Waals surface area (Å²) in [5.74, 6) is 0. The molecule has 18 heavy (non-hydrogen) atoms. The Morgan fingerprint density at radius 2 is 1.78 bits per heavy atom. The van der Waals surface area contributed by atoms with Gasteiger partial charge in [0.25, 0.3) is 0 Å². The average molecular weight is 264 g/mol. The minimum absolute atomic E-state index is 0.136. The Morgan fingerprint density at radius 1 is 1.11 bits per heavy atom. The number of nitrogens with two attached hydrogens (primary N) is 1. The maximum absolute atomic E-state index is 12.4. The van der Waals surface area contributed by atoms with Gasteiger partial charge in [-0.2, -0.15) is 13.2 Å². The van der Waals surface area contributed by atoms with Gasteiger partial charge in [0.2, 0.25) is 0 Å². The van der Waals surface area contributed by atoms with Crippen molar-refractivity contribution in [2.24, 2.45) is 5.73 Å². The van der Waals surface area contributed by atoms with Crippen LogP contribution >= 0.6 is 0 Å². The third-order valence-corrected chi connectivity index (χ3v) is 3.34. The zero-order chi connectivity index (χ0) is 13.4. The van der Waals surface area contributed by atoms with Crippen molar-refractivity contribution < 1.29 is 13.2 Å². The summed E-state index contributed by atoms with van der Waals surface area (Å²) >= 11 is 0. The molecule has 1 aliphatic rings. The molecule has 0 saturated carbocycles. The van der Waals surface area contributed by atoms with Gasteiger partial charge in [0.15, 0.2) is 0 Å². The van der Waals surface area contributed by atoms with Crippen LogP contribution in [0.25, 0.3) is 0 Å². The fraction of sp³-hybridized carbons (Fsp3) is 0.846. The predicted octanol–water partition coefficient (Wildman–Crippen LogP) is 3.09. The van der Waals surface area contributed by atoms with Crippen molar-refractivity contribution >= 4 is 0 Å². The van der Waals surface area contributed by atoms with Crippen LogP contribution in [0.5, 0.6) is 0 Å². The van der Waals surface area contributed by atoms with Crippen molar-refractivity contribution in [2.75, 3.05) is 26.2 Å². The highest BCUT2D eigenvalue weighted by atomic mass is 19.4. The van der Waals surface area contributed by atoms with E-state index in [9.17, 15) is 13.2 Å². The van der Waals surface area contributed by atoms with Gasteiger partial charge in [-0.25, -0.2) is 0 Å². The molecule has 106 valence electrons. The van der Waals surface area contributed by atoms with Crippen LogP contribution in [0.4, 0.5) is 13.2 Å². The maximum atomic E-state index is 12.4. The SMILES string of the molecule is NCCCCCCCN1CC=C(C(F)(F)F)CC1. The van der Waals surface area contributed by atoms with Crippen molar-refractivity contribution in [3.63, 3.8) is 0 Å². The van der Waals surface area contributed by atoms with Crippen molar-refractivity contribution in [1.29, 1.82) is 0 Å². The van der Waals surface area contributed by atoms with Crippen LogP contribution < -0.4 is 5.73 Å². The topological polar surface area (TPSA) is 29.3 Å². The van der Waals surface area contributed by atoms with E-state index in [1.165, 1.54) is 12.5 Å². The minimum Gasteiger partial charge on any atom is -0.330 e. The van der Waals surface area contributed by atoms with Gasteiger partial charge >= 0.3 is 6.18 Å². The molecule has 0 spiro atoms. The summed E-state index contributed by atoms with van der Waals surface area (Å²) in [5.41, 5.74) is 5.04. The maximum Gasteiger partial charge on any atom is 0.412 e. The highest BCUT2D eigenvalue weighted by Crippen LogP contribution is 2.30. The number of alkyl halides is 3. The fourth-order valence-electron chi connectivity index (χ4n) is 2.18. The second kappa shape index (κ2) is 7.79. The van der Waals surface area contributed by atoms with Gasteiger partial charge in [0.05, 0.1) is 0 Å². The summed E-state index contributed by atoms with van der Waals surface area (Å²) in [5, 5.41) is 0. The lowest BCUT2D eigenvalue weighted by Crippen LogP contribution is -2.32. The number of nitrogens with zero attached hydrogens (tertiary/aromatic N) is 1. The molecular formula is C13H23F3N2. The summed E-state index contributed by atoms with van der Waals surface area (Å²) in [6.45, 7) is 2.63. The van der Waals surface area contributed by atoms with Gasteiger partial charge in [-0.05, 0) is 32.4 Å². The fourth-order valence-corrected chi connectivity index (χ4v) is 2.18. The minimum atomic E-state index is -4.13. The number of rotatable bonds is 7. The third-order valence-electron chi connectivity index (χ3n) is 3.34. The van der Waals surface area contributed by atoms with E-state index < -0.39 is 6.18 Å². The van der Waals surface area contributed by atoms with E-state index in [4.69, 9.17) is 5.73 Å². The number of unbranched alkanes of at least 4 members (excludes halogenated alkanes) is 4. The molecule has 0 fully saturated rings. The van der Waals surface area contributed by atoms with Crippen LogP contribution in [0.2, 0.25) is 0 Å². The molecule has 1 aliphatic heterocycles. The summed E-state index contributed by atoms with van der Waals surface area (Å²) in [7, 11) is 0. The van der Waals surface area contributed by atoms with E-state index in [2.05, 4.69) is 4.90 Å². The van der Waals surface area contributed by atoms with Crippen LogP contribution in [0.1, 0.15) is 38.5 Å². The number of halogens is 3. The first-order valence-corrected chi connectivity index (χ1v) is 6.72. The Balaban J connectivity index is 2.11. The lowest BCUT2D eigenvalue weighted by atomic mass is 10.1. The van der Waals surface area contributed by atoms with Crippen molar-refractivity contribution in [3.05, 3.63) is 11.6 Å². The van der Waals surface area contributed by atoms with Crippen molar-refractivity contribution in [2.45, 2.75) is 44.7 Å². The summed E-state index contributed by atoms with van der Waals surface area (Å²) in [4.78, 5) is 2.10. The van der Waals surface area contributed by atoms with E-state index in [-0.39, 0.29) is 12.0 Å². The van der Waals surface area contributed by atoms with Gasteiger partial charge in [-0.3, -0.25) is 4.90 Å². The van der Waals surface area contributed by atoms with Crippen molar-refractivity contribution in [3.8, 4) is 0 Å². The molecule has 0 saturated heterocycles. The molecule has 0 radical (unpaired) electrons. The Hall–Kier alpha value is -0.550. The Kier molecular flexibility index (Phi) is 6.71. The third kappa shape index (κ3) is 5.87. The summed E-state index contributed by atoms with van der Waals surface area (Å²) in [6.07, 6.45) is 2.96. The molecule has 2 N–H and O–H groups in total. The Morgan fingerprint density at radius 3 is 2.33 bits per heavy atom. The van der Waals surface area contributed by atoms with Crippen LogP contribution in [0, 0.1) is 0 Å². The molecule has 0 aliphatic carbocycles. The van der Waals surface area contributed by atoms with E-state index in [0.29, 0.717) is 13.1 Å². The lowest BCUT2D eigenvalue weighted by Gasteiger charge is -2.27. The van der Waals surface area contributed by atoms with Gasteiger partial charge in [-0.1, -0.05) is 25.3 Å². The summed E-state index contributed by atoms with van der Waals surface area (Å²) in [6, 6.07) is 0. The second-order valence-corrected chi connectivity index (χ2v) is 4.83. The molecule has 1 heterocycles. The molecule has 0 aromatic rings. The van der Waals surface area contributed by atoms with Gasteiger partial charge in [-0.15, -0.1) is 0 Å². The highest BCUT2D eigenvalue weighted by molar-refractivity contribution is 5.12. The first kappa shape index (κ1) is 15.5. The number of hydrogen-bond donors (Lipinski definition) is 1. The van der Waals surface area contributed by atoms with Crippen molar-refractivity contribution in [1.82, 2.24) is 4.90 Å². The van der Waals surface area contributed by atoms with Crippen LogP contribution in [0.15, 0.2) is 11.6 Å². The van der Waals surface area contributed by atoms with E-state index in [1.54, 1.807) is 0 Å². The second-order valence-electron chi connectivity index (χ2n) is 4.83.